The summed E-state index contributed by atoms with van der Waals surface area (Å²) >= 11 is 0. The van der Waals surface area contributed by atoms with E-state index in [1.807, 2.05) is 0 Å². The maximum atomic E-state index is 10.8. The van der Waals surface area contributed by atoms with Crippen LogP contribution in [0.3, 0.4) is 0 Å². The minimum atomic E-state index is -1.04. The maximum Gasteiger partial charge on any atom is 0.325 e. The van der Waals surface area contributed by atoms with Gasteiger partial charge >= 0.3 is 12.0 Å². The van der Waals surface area contributed by atoms with Crippen molar-refractivity contribution in [1.29, 1.82) is 0 Å². The van der Waals surface area contributed by atoms with Crippen LogP contribution in [0.5, 0.6) is 0 Å². The lowest BCUT2D eigenvalue weighted by Crippen LogP contribution is -2.43. The first-order valence-electron chi connectivity index (χ1n) is 3.15. The number of aliphatic carboxylic acids is 1. The van der Waals surface area contributed by atoms with Crippen LogP contribution in [-0.2, 0) is 4.79 Å². The van der Waals surface area contributed by atoms with E-state index in [1.165, 1.54) is 11.8 Å². The Morgan fingerprint density at radius 2 is 1.91 bits per heavy atom. The number of amides is 2. The van der Waals surface area contributed by atoms with Crippen molar-refractivity contribution in [1.82, 2.24) is 10.2 Å². The molecule has 5 nitrogen and oxygen atoms in total. The molecule has 0 aliphatic carbocycles. The predicted octanol–water partition coefficient (Wildman–Crippen LogP) is -0.269. The molecule has 64 valence electrons. The molecule has 1 atom stereocenters. The van der Waals surface area contributed by atoms with Gasteiger partial charge in [0.25, 0.3) is 0 Å². The Hall–Kier alpha value is -1.26. The van der Waals surface area contributed by atoms with E-state index in [1.54, 1.807) is 14.1 Å². The van der Waals surface area contributed by atoms with Crippen molar-refractivity contribution in [2.45, 2.75) is 13.0 Å². The van der Waals surface area contributed by atoms with Crippen LogP contribution in [0, 0.1) is 0 Å². The Morgan fingerprint density at radius 3 is 2.18 bits per heavy atom. The number of rotatable bonds is 2. The maximum absolute atomic E-state index is 10.8. The Bertz CT molecular complexity index is 167. The van der Waals surface area contributed by atoms with Crippen LogP contribution in [0.25, 0.3) is 0 Å². The standard InChI is InChI=1S/C6H12N2O3/c1-4(5(9)10)7-6(11)8(2)3/h4H,1-3H3,(H,7,11)(H,9,10)/t4-/m1/s1. The second-order valence-electron chi connectivity index (χ2n) is 2.40. The molecular weight excluding hydrogens is 148 g/mol. The smallest absolute Gasteiger partial charge is 0.325 e. The van der Waals surface area contributed by atoms with Crippen molar-refractivity contribution in [2.75, 3.05) is 14.1 Å². The second kappa shape index (κ2) is 3.80. The third-order valence-corrected chi connectivity index (χ3v) is 1.12. The number of hydrogen-bond donors (Lipinski definition) is 2. The zero-order valence-corrected chi connectivity index (χ0v) is 6.79. The van der Waals surface area contributed by atoms with E-state index in [4.69, 9.17) is 5.11 Å². The number of carbonyl (C=O) groups excluding carboxylic acids is 1. The Morgan fingerprint density at radius 1 is 1.45 bits per heavy atom. The van der Waals surface area contributed by atoms with Crippen molar-refractivity contribution >= 4 is 12.0 Å². The summed E-state index contributed by atoms with van der Waals surface area (Å²) in [5, 5.41) is 10.6. The van der Waals surface area contributed by atoms with Gasteiger partial charge in [0.05, 0.1) is 0 Å². The average Bonchev–Trinajstić information content (AvgIpc) is 1.87. The topological polar surface area (TPSA) is 69.6 Å². The summed E-state index contributed by atoms with van der Waals surface area (Å²) < 4.78 is 0. The largest absolute Gasteiger partial charge is 0.480 e. The predicted molar refractivity (Wildman–Crippen MR) is 39.3 cm³/mol. The van der Waals surface area contributed by atoms with Gasteiger partial charge in [-0.1, -0.05) is 0 Å². The van der Waals surface area contributed by atoms with E-state index < -0.39 is 18.0 Å². The molecule has 0 bridgehead atoms. The van der Waals surface area contributed by atoms with E-state index in [2.05, 4.69) is 5.32 Å². The summed E-state index contributed by atoms with van der Waals surface area (Å²) in [6.45, 7) is 1.41. The van der Waals surface area contributed by atoms with Crippen molar-refractivity contribution in [3.8, 4) is 0 Å². The van der Waals surface area contributed by atoms with E-state index in [0.29, 0.717) is 0 Å². The fourth-order valence-electron chi connectivity index (χ4n) is 0.376. The van der Waals surface area contributed by atoms with Gasteiger partial charge in [-0.25, -0.2) is 4.79 Å². The van der Waals surface area contributed by atoms with Crippen molar-refractivity contribution in [3.63, 3.8) is 0 Å². The van der Waals surface area contributed by atoms with E-state index in [9.17, 15) is 9.59 Å². The molecule has 0 heterocycles. The molecule has 0 fully saturated rings. The molecule has 0 aliphatic heterocycles. The highest BCUT2D eigenvalue weighted by atomic mass is 16.4. The SMILES string of the molecule is C[C@@H](NC(=O)N(C)C)C(=O)O. The Balaban J connectivity index is 3.85. The first-order chi connectivity index (χ1) is 4.95. The number of carboxylic acid groups (broad SMARTS) is 1. The zero-order valence-electron chi connectivity index (χ0n) is 6.79. The number of urea groups is 1. The first kappa shape index (κ1) is 9.74. The summed E-state index contributed by atoms with van der Waals surface area (Å²) in [4.78, 5) is 22.3. The molecule has 2 N–H and O–H groups in total. The highest BCUT2D eigenvalue weighted by Crippen LogP contribution is 1.83. The minimum Gasteiger partial charge on any atom is -0.480 e. The van der Waals surface area contributed by atoms with Gasteiger partial charge in [-0.05, 0) is 6.92 Å². The van der Waals surface area contributed by atoms with Crippen LogP contribution >= 0.6 is 0 Å². The number of nitrogens with zero attached hydrogens (tertiary/aromatic N) is 1. The fraction of sp³-hybridized carbons (Fsp3) is 0.667. The summed E-state index contributed by atoms with van der Waals surface area (Å²) in [5.74, 6) is -1.04. The van der Waals surface area contributed by atoms with Crippen LogP contribution in [-0.4, -0.2) is 42.1 Å². The lowest BCUT2D eigenvalue weighted by atomic mass is 10.3. The molecule has 0 aliphatic rings. The highest BCUT2D eigenvalue weighted by Gasteiger charge is 2.14. The van der Waals surface area contributed by atoms with Gasteiger partial charge in [-0.2, -0.15) is 0 Å². The molecule has 0 aromatic rings. The van der Waals surface area contributed by atoms with Gasteiger partial charge < -0.3 is 15.3 Å². The molecule has 5 heteroatoms. The fourth-order valence-corrected chi connectivity index (χ4v) is 0.376. The van der Waals surface area contributed by atoms with Gasteiger partial charge in [0.2, 0.25) is 0 Å². The van der Waals surface area contributed by atoms with Gasteiger partial charge in [0.1, 0.15) is 6.04 Å². The molecule has 0 aromatic carbocycles. The summed E-state index contributed by atoms with van der Waals surface area (Å²) in [6, 6.07) is -1.25. The van der Waals surface area contributed by atoms with Gasteiger partial charge in [0.15, 0.2) is 0 Å². The summed E-state index contributed by atoms with van der Waals surface area (Å²) in [6.07, 6.45) is 0. The molecule has 11 heavy (non-hydrogen) atoms. The van der Waals surface area contributed by atoms with Crippen molar-refractivity contribution < 1.29 is 14.7 Å². The zero-order chi connectivity index (χ0) is 9.02. The van der Waals surface area contributed by atoms with E-state index in [-0.39, 0.29) is 0 Å². The van der Waals surface area contributed by atoms with Crippen LogP contribution in [0.1, 0.15) is 6.92 Å². The quantitative estimate of drug-likeness (QED) is 0.584. The Labute approximate surface area is 65.0 Å². The monoisotopic (exact) mass is 160 g/mol. The number of hydrogen-bond acceptors (Lipinski definition) is 2. The van der Waals surface area contributed by atoms with Crippen LogP contribution in [0.2, 0.25) is 0 Å². The van der Waals surface area contributed by atoms with Crippen LogP contribution in [0.15, 0.2) is 0 Å². The summed E-state index contributed by atoms with van der Waals surface area (Å²) in [5.41, 5.74) is 0. The first-order valence-corrected chi connectivity index (χ1v) is 3.15. The van der Waals surface area contributed by atoms with Gasteiger partial charge in [-0.3, -0.25) is 4.79 Å². The van der Waals surface area contributed by atoms with E-state index in [0.717, 1.165) is 0 Å². The molecule has 0 radical (unpaired) electrons. The second-order valence-corrected chi connectivity index (χ2v) is 2.40. The van der Waals surface area contributed by atoms with Crippen molar-refractivity contribution in [2.24, 2.45) is 0 Å². The molecule has 0 unspecified atom stereocenters. The average molecular weight is 160 g/mol. The number of carboxylic acids is 1. The van der Waals surface area contributed by atoms with E-state index >= 15 is 0 Å². The molecule has 0 aromatic heterocycles. The normalized spacial score (nSPS) is 11.9. The highest BCUT2D eigenvalue weighted by molar-refractivity contribution is 5.81. The third-order valence-electron chi connectivity index (χ3n) is 1.12. The molecule has 0 rings (SSSR count). The van der Waals surface area contributed by atoms with Gasteiger partial charge in [0, 0.05) is 14.1 Å². The van der Waals surface area contributed by atoms with Crippen LogP contribution in [0.4, 0.5) is 4.79 Å². The molecular formula is C6H12N2O3. The third kappa shape index (κ3) is 3.44. The van der Waals surface area contributed by atoms with Crippen LogP contribution < -0.4 is 5.32 Å². The number of carbonyl (C=O) groups is 2. The van der Waals surface area contributed by atoms with Crippen molar-refractivity contribution in [3.05, 3.63) is 0 Å². The minimum absolute atomic E-state index is 0.403. The summed E-state index contributed by atoms with van der Waals surface area (Å²) in [7, 11) is 3.09. The molecule has 0 saturated carbocycles. The lowest BCUT2D eigenvalue weighted by molar-refractivity contribution is -0.138. The molecule has 0 saturated heterocycles. The van der Waals surface area contributed by atoms with Gasteiger partial charge in [-0.15, -0.1) is 0 Å². The molecule has 2 amide bonds. The molecule has 0 spiro atoms. The number of nitrogens with one attached hydrogen (secondary N) is 1. The Kier molecular flexibility index (Phi) is 3.36. The lowest BCUT2D eigenvalue weighted by Gasteiger charge is -2.14.